The normalized spacial score (nSPS) is 16.6. The average Bonchev–Trinajstić information content (AvgIpc) is 2.85. The van der Waals surface area contributed by atoms with Crippen LogP contribution in [0.2, 0.25) is 0 Å². The maximum absolute atomic E-state index is 10.8. The van der Waals surface area contributed by atoms with Crippen LogP contribution in [0.25, 0.3) is 0 Å². The van der Waals surface area contributed by atoms with Gasteiger partial charge in [0, 0.05) is 26.8 Å². The number of fused-ring (bicyclic) bond motifs is 1. The fourth-order valence-corrected chi connectivity index (χ4v) is 3.74. The topological polar surface area (TPSA) is 55.2 Å². The van der Waals surface area contributed by atoms with Gasteiger partial charge in [0.05, 0.1) is 11.0 Å². The van der Waals surface area contributed by atoms with Gasteiger partial charge >= 0.3 is 0 Å². The predicted molar refractivity (Wildman–Crippen MR) is 89.6 cm³/mol. The quantitative estimate of drug-likeness (QED) is 0.556. The molecule has 0 spiro atoms. The van der Waals surface area contributed by atoms with Crippen molar-refractivity contribution in [2.45, 2.75) is 18.9 Å². The molecule has 0 radical (unpaired) electrons. The molecule has 6 heteroatoms. The molecule has 0 fully saturated rings. The summed E-state index contributed by atoms with van der Waals surface area (Å²) in [4.78, 5) is 10.4. The number of hydrogen-bond donors (Lipinski definition) is 1. The summed E-state index contributed by atoms with van der Waals surface area (Å²) in [6, 6.07) is 11.2. The largest absolute Gasteiger partial charge is 0.377 e. The average molecular weight is 412 g/mol. The summed E-state index contributed by atoms with van der Waals surface area (Å²) in [7, 11) is 0. The van der Waals surface area contributed by atoms with Gasteiger partial charge in [-0.25, -0.2) is 0 Å². The number of nitro groups is 1. The molecule has 1 N–H and O–H groups in total. The van der Waals surface area contributed by atoms with Gasteiger partial charge < -0.3 is 5.32 Å². The van der Waals surface area contributed by atoms with Crippen molar-refractivity contribution in [1.29, 1.82) is 0 Å². The maximum Gasteiger partial charge on any atom is 0.270 e. The Balaban J connectivity index is 1.86. The smallest absolute Gasteiger partial charge is 0.270 e. The fourth-order valence-electron chi connectivity index (χ4n) is 2.68. The third-order valence-corrected chi connectivity index (χ3v) is 5.11. The standard InChI is InChI=1S/C15H12Br2N2O2/c16-12-3-1-2-11-10(12)5-7-14(11)18-15-6-4-9(19(20)21)8-13(15)17/h1-4,6,8,14,18H,5,7H2. The number of rotatable bonds is 3. The van der Waals surface area contributed by atoms with Gasteiger partial charge in [0.25, 0.3) is 5.69 Å². The molecule has 0 aromatic heterocycles. The minimum atomic E-state index is -0.392. The van der Waals surface area contributed by atoms with Crippen LogP contribution in [-0.2, 0) is 6.42 Å². The lowest BCUT2D eigenvalue weighted by Gasteiger charge is -2.17. The Labute approximate surface area is 139 Å². The second kappa shape index (κ2) is 5.77. The Bertz CT molecular complexity index is 719. The summed E-state index contributed by atoms with van der Waals surface area (Å²) < 4.78 is 1.85. The first-order valence-electron chi connectivity index (χ1n) is 6.54. The first-order chi connectivity index (χ1) is 10.1. The molecule has 1 atom stereocenters. The van der Waals surface area contributed by atoms with Crippen molar-refractivity contribution in [1.82, 2.24) is 0 Å². The molecule has 0 amide bonds. The number of nitrogens with one attached hydrogen (secondary N) is 1. The van der Waals surface area contributed by atoms with Crippen molar-refractivity contribution in [3.8, 4) is 0 Å². The third-order valence-electron chi connectivity index (χ3n) is 3.71. The van der Waals surface area contributed by atoms with Crippen LogP contribution in [-0.4, -0.2) is 4.92 Å². The number of nitro benzene ring substituents is 1. The highest BCUT2D eigenvalue weighted by atomic mass is 79.9. The molecule has 2 aromatic carbocycles. The summed E-state index contributed by atoms with van der Waals surface area (Å²) >= 11 is 6.99. The summed E-state index contributed by atoms with van der Waals surface area (Å²) in [5.41, 5.74) is 3.59. The molecule has 1 aliphatic rings. The number of benzene rings is 2. The lowest BCUT2D eigenvalue weighted by atomic mass is 10.1. The number of hydrogen-bond acceptors (Lipinski definition) is 3. The van der Waals surface area contributed by atoms with Crippen molar-refractivity contribution in [2.75, 3.05) is 5.32 Å². The number of non-ortho nitro benzene ring substituents is 1. The molecular formula is C15H12Br2N2O2. The summed E-state index contributed by atoms with van der Waals surface area (Å²) in [5, 5.41) is 14.2. The van der Waals surface area contributed by atoms with Crippen LogP contribution >= 0.6 is 31.9 Å². The molecule has 108 valence electrons. The van der Waals surface area contributed by atoms with Gasteiger partial charge in [-0.05, 0) is 52.0 Å². The third kappa shape index (κ3) is 2.82. The van der Waals surface area contributed by atoms with Crippen molar-refractivity contribution < 1.29 is 4.92 Å². The van der Waals surface area contributed by atoms with E-state index in [-0.39, 0.29) is 11.7 Å². The first-order valence-corrected chi connectivity index (χ1v) is 8.12. The van der Waals surface area contributed by atoms with E-state index in [1.165, 1.54) is 23.3 Å². The van der Waals surface area contributed by atoms with Crippen LogP contribution in [0.4, 0.5) is 11.4 Å². The van der Waals surface area contributed by atoms with E-state index in [1.54, 1.807) is 6.07 Å². The van der Waals surface area contributed by atoms with Crippen molar-refractivity contribution in [3.05, 3.63) is 66.6 Å². The zero-order valence-corrected chi connectivity index (χ0v) is 14.1. The minimum absolute atomic E-state index is 0.0852. The monoisotopic (exact) mass is 410 g/mol. The molecule has 0 aliphatic heterocycles. The van der Waals surface area contributed by atoms with Crippen LogP contribution in [0.5, 0.6) is 0 Å². The van der Waals surface area contributed by atoms with Gasteiger partial charge in [-0.15, -0.1) is 0 Å². The number of anilines is 1. The van der Waals surface area contributed by atoms with Crippen molar-refractivity contribution >= 4 is 43.2 Å². The van der Waals surface area contributed by atoms with Crippen LogP contribution in [0.15, 0.2) is 45.3 Å². The molecular weight excluding hydrogens is 400 g/mol. The highest BCUT2D eigenvalue weighted by Gasteiger charge is 2.24. The highest BCUT2D eigenvalue weighted by molar-refractivity contribution is 9.10. The molecule has 0 bridgehead atoms. The van der Waals surface area contributed by atoms with Gasteiger partial charge in [-0.1, -0.05) is 28.1 Å². The molecule has 1 unspecified atom stereocenters. The summed E-state index contributed by atoms with van der Waals surface area (Å²) in [6.45, 7) is 0. The van der Waals surface area contributed by atoms with Gasteiger partial charge in [0.1, 0.15) is 0 Å². The van der Waals surface area contributed by atoms with Gasteiger partial charge in [-0.2, -0.15) is 0 Å². The van der Waals surface area contributed by atoms with E-state index in [2.05, 4.69) is 49.3 Å². The lowest BCUT2D eigenvalue weighted by molar-refractivity contribution is -0.384. The minimum Gasteiger partial charge on any atom is -0.377 e. The van der Waals surface area contributed by atoms with Gasteiger partial charge in [-0.3, -0.25) is 10.1 Å². The van der Waals surface area contributed by atoms with E-state index < -0.39 is 4.92 Å². The Hall–Kier alpha value is -1.40. The Morgan fingerprint density at radius 2 is 2.00 bits per heavy atom. The van der Waals surface area contributed by atoms with Crippen LogP contribution in [0, 0.1) is 10.1 Å². The molecule has 21 heavy (non-hydrogen) atoms. The van der Waals surface area contributed by atoms with E-state index in [0.29, 0.717) is 4.47 Å². The molecule has 2 aromatic rings. The highest BCUT2D eigenvalue weighted by Crippen LogP contribution is 2.39. The van der Waals surface area contributed by atoms with E-state index in [0.717, 1.165) is 23.0 Å². The zero-order chi connectivity index (χ0) is 15.0. The Morgan fingerprint density at radius 1 is 1.19 bits per heavy atom. The van der Waals surface area contributed by atoms with Crippen LogP contribution < -0.4 is 5.32 Å². The SMILES string of the molecule is O=[N+]([O-])c1ccc(NC2CCc3c(Br)cccc32)c(Br)c1. The molecule has 0 saturated heterocycles. The van der Waals surface area contributed by atoms with Gasteiger partial charge in [0.2, 0.25) is 0 Å². The maximum atomic E-state index is 10.8. The summed E-state index contributed by atoms with van der Waals surface area (Å²) in [5.74, 6) is 0. The van der Waals surface area contributed by atoms with E-state index in [9.17, 15) is 10.1 Å². The fraction of sp³-hybridized carbons (Fsp3) is 0.200. The van der Waals surface area contributed by atoms with Crippen molar-refractivity contribution in [2.24, 2.45) is 0 Å². The molecule has 0 heterocycles. The van der Waals surface area contributed by atoms with E-state index in [1.807, 2.05) is 6.07 Å². The Morgan fingerprint density at radius 3 is 2.71 bits per heavy atom. The first kappa shape index (κ1) is 14.5. The summed E-state index contributed by atoms with van der Waals surface area (Å²) in [6.07, 6.45) is 2.04. The van der Waals surface area contributed by atoms with Crippen molar-refractivity contribution in [3.63, 3.8) is 0 Å². The number of nitrogens with zero attached hydrogens (tertiary/aromatic N) is 1. The van der Waals surface area contributed by atoms with Gasteiger partial charge in [0.15, 0.2) is 0 Å². The molecule has 1 aliphatic carbocycles. The van der Waals surface area contributed by atoms with Crippen LogP contribution in [0.1, 0.15) is 23.6 Å². The van der Waals surface area contributed by atoms with E-state index >= 15 is 0 Å². The number of halogens is 2. The molecule has 4 nitrogen and oxygen atoms in total. The molecule has 0 saturated carbocycles. The van der Waals surface area contributed by atoms with E-state index in [4.69, 9.17) is 0 Å². The molecule has 3 rings (SSSR count). The van der Waals surface area contributed by atoms with Crippen LogP contribution in [0.3, 0.4) is 0 Å². The zero-order valence-electron chi connectivity index (χ0n) is 11.0. The lowest BCUT2D eigenvalue weighted by Crippen LogP contribution is -2.07. The Kier molecular flexibility index (Phi) is 3.99. The predicted octanol–water partition coefficient (Wildman–Crippen LogP) is 5.22. The second-order valence-electron chi connectivity index (χ2n) is 4.96. The second-order valence-corrected chi connectivity index (χ2v) is 6.67.